The van der Waals surface area contributed by atoms with Crippen LogP contribution in [0.2, 0.25) is 0 Å². The molecule has 1 amide bonds. The summed E-state index contributed by atoms with van der Waals surface area (Å²) in [5.74, 6) is 2.86. The van der Waals surface area contributed by atoms with E-state index < -0.39 is 0 Å². The Morgan fingerprint density at radius 2 is 2.17 bits per heavy atom. The lowest BCUT2D eigenvalue weighted by Gasteiger charge is -2.27. The van der Waals surface area contributed by atoms with Crippen LogP contribution in [-0.4, -0.2) is 34.2 Å². The molecule has 0 saturated carbocycles. The number of rotatable bonds is 7. The van der Waals surface area contributed by atoms with Crippen molar-refractivity contribution in [2.24, 2.45) is 0 Å². The number of carbonyl (C=O) groups excluding carboxylic acids is 1. The van der Waals surface area contributed by atoms with Gasteiger partial charge in [0.15, 0.2) is 0 Å². The molecule has 2 heterocycles. The third-order valence-electron chi connectivity index (χ3n) is 3.89. The molecule has 1 aromatic carbocycles. The number of nitriles is 1. The van der Waals surface area contributed by atoms with Crippen molar-refractivity contribution >= 4 is 29.4 Å². The van der Waals surface area contributed by atoms with Gasteiger partial charge < -0.3 is 9.32 Å². The molecule has 1 fully saturated rings. The molecule has 0 spiro atoms. The molecular formula is C18H18N2O2S2. The summed E-state index contributed by atoms with van der Waals surface area (Å²) in [6.07, 6.45) is 1.67. The third kappa shape index (κ3) is 3.97. The molecule has 1 aromatic heterocycles. The van der Waals surface area contributed by atoms with Crippen LogP contribution >= 0.6 is 23.5 Å². The van der Waals surface area contributed by atoms with E-state index >= 15 is 0 Å². The molecule has 0 bridgehead atoms. The minimum absolute atomic E-state index is 0.103. The Kier molecular flexibility index (Phi) is 5.89. The maximum Gasteiger partial charge on any atom is 0.233 e. The van der Waals surface area contributed by atoms with Crippen LogP contribution in [0.5, 0.6) is 0 Å². The van der Waals surface area contributed by atoms with Gasteiger partial charge in [0.25, 0.3) is 0 Å². The van der Waals surface area contributed by atoms with E-state index in [1.165, 1.54) is 0 Å². The van der Waals surface area contributed by atoms with Crippen LogP contribution in [0.25, 0.3) is 0 Å². The molecule has 0 N–H and O–H groups in total. The van der Waals surface area contributed by atoms with Crippen LogP contribution in [0.15, 0.2) is 53.1 Å². The number of hydrogen-bond donors (Lipinski definition) is 0. The normalized spacial score (nSPS) is 18.5. The second-order valence-corrected chi connectivity index (χ2v) is 7.65. The van der Waals surface area contributed by atoms with Crippen molar-refractivity contribution in [1.82, 2.24) is 4.90 Å². The summed E-state index contributed by atoms with van der Waals surface area (Å²) in [5.41, 5.74) is 0.973. The van der Waals surface area contributed by atoms with E-state index in [0.29, 0.717) is 12.3 Å². The fraction of sp³-hybridized carbons (Fsp3) is 0.333. The minimum Gasteiger partial charge on any atom is -0.468 e. The summed E-state index contributed by atoms with van der Waals surface area (Å²) in [6, 6.07) is 15.9. The van der Waals surface area contributed by atoms with Gasteiger partial charge in [-0.1, -0.05) is 30.3 Å². The lowest BCUT2D eigenvalue weighted by Crippen LogP contribution is -2.37. The second kappa shape index (κ2) is 8.32. The Morgan fingerprint density at radius 3 is 2.88 bits per heavy atom. The van der Waals surface area contributed by atoms with Gasteiger partial charge in [-0.25, -0.2) is 0 Å². The summed E-state index contributed by atoms with van der Waals surface area (Å²) in [5, 5.41) is 9.52. The zero-order valence-corrected chi connectivity index (χ0v) is 14.8. The predicted molar refractivity (Wildman–Crippen MR) is 97.6 cm³/mol. The molecule has 24 heavy (non-hydrogen) atoms. The lowest BCUT2D eigenvalue weighted by atomic mass is 10.00. The van der Waals surface area contributed by atoms with Gasteiger partial charge in [-0.05, 0) is 17.7 Å². The Morgan fingerprint density at radius 1 is 1.33 bits per heavy atom. The van der Waals surface area contributed by atoms with Crippen LogP contribution in [-0.2, 0) is 10.5 Å². The predicted octanol–water partition coefficient (Wildman–Crippen LogP) is 3.72. The van der Waals surface area contributed by atoms with E-state index in [1.54, 1.807) is 29.8 Å². The zero-order valence-electron chi connectivity index (χ0n) is 13.1. The minimum atomic E-state index is -0.294. The van der Waals surface area contributed by atoms with Gasteiger partial charge in [0.2, 0.25) is 5.91 Å². The highest BCUT2D eigenvalue weighted by molar-refractivity contribution is 8.01. The summed E-state index contributed by atoms with van der Waals surface area (Å²) < 4.78 is 5.31. The average Bonchev–Trinajstić information content (AvgIpc) is 3.25. The topological polar surface area (TPSA) is 57.2 Å². The van der Waals surface area contributed by atoms with E-state index in [2.05, 4.69) is 6.07 Å². The molecule has 0 aliphatic carbocycles. The summed E-state index contributed by atoms with van der Waals surface area (Å²) in [6.45, 7) is 0.660. The highest BCUT2D eigenvalue weighted by Gasteiger charge is 2.37. The van der Waals surface area contributed by atoms with Crippen molar-refractivity contribution < 1.29 is 9.21 Å². The Hall–Kier alpha value is -1.84. The molecule has 1 aliphatic rings. The van der Waals surface area contributed by atoms with Crippen LogP contribution in [0.3, 0.4) is 0 Å². The molecule has 3 rings (SSSR count). The first kappa shape index (κ1) is 17.0. The van der Waals surface area contributed by atoms with Gasteiger partial charge in [-0.2, -0.15) is 17.0 Å². The van der Waals surface area contributed by atoms with Crippen LogP contribution in [0.4, 0.5) is 0 Å². The molecule has 2 atom stereocenters. The molecule has 1 aliphatic heterocycles. The molecule has 124 valence electrons. The number of thioether (sulfide) groups is 2. The monoisotopic (exact) mass is 358 g/mol. The molecule has 4 nitrogen and oxygen atoms in total. The SMILES string of the molecule is N#CC(c1ccccc1)C1SCC(=O)N1CCSCc1ccco1. The number of hydrogen-bond acceptors (Lipinski definition) is 5. The molecule has 2 unspecified atom stereocenters. The largest absolute Gasteiger partial charge is 0.468 e. The molecular weight excluding hydrogens is 340 g/mol. The number of furan rings is 1. The first-order valence-electron chi connectivity index (χ1n) is 7.75. The van der Waals surface area contributed by atoms with Gasteiger partial charge in [-0.3, -0.25) is 4.79 Å². The van der Waals surface area contributed by atoms with Gasteiger partial charge in [0.05, 0.1) is 29.2 Å². The summed E-state index contributed by atoms with van der Waals surface area (Å²) >= 11 is 3.31. The number of nitrogens with zero attached hydrogens (tertiary/aromatic N) is 2. The number of benzene rings is 1. The smallest absolute Gasteiger partial charge is 0.233 e. The molecule has 2 aromatic rings. The third-order valence-corrected chi connectivity index (χ3v) is 6.13. The lowest BCUT2D eigenvalue weighted by molar-refractivity contribution is -0.127. The zero-order chi connectivity index (χ0) is 16.8. The quantitative estimate of drug-likeness (QED) is 0.706. The van der Waals surface area contributed by atoms with Crippen molar-refractivity contribution in [3.05, 3.63) is 60.1 Å². The van der Waals surface area contributed by atoms with E-state index in [1.807, 2.05) is 47.4 Å². The Balaban J connectivity index is 1.60. The van der Waals surface area contributed by atoms with E-state index in [9.17, 15) is 10.1 Å². The molecule has 0 radical (unpaired) electrons. The summed E-state index contributed by atoms with van der Waals surface area (Å²) in [4.78, 5) is 14.1. The van der Waals surface area contributed by atoms with E-state index in [4.69, 9.17) is 4.42 Å². The van der Waals surface area contributed by atoms with Gasteiger partial charge in [-0.15, -0.1) is 11.8 Å². The maximum absolute atomic E-state index is 12.2. The van der Waals surface area contributed by atoms with E-state index in [0.717, 1.165) is 22.8 Å². The van der Waals surface area contributed by atoms with Crippen molar-refractivity contribution in [2.75, 3.05) is 18.1 Å². The molecule has 1 saturated heterocycles. The van der Waals surface area contributed by atoms with Crippen molar-refractivity contribution in [3.8, 4) is 6.07 Å². The number of amides is 1. The fourth-order valence-corrected chi connectivity index (χ4v) is 4.82. The Labute approximate surface area is 150 Å². The Bertz CT molecular complexity index is 698. The maximum atomic E-state index is 12.2. The summed E-state index contributed by atoms with van der Waals surface area (Å²) in [7, 11) is 0. The first-order valence-corrected chi connectivity index (χ1v) is 9.95. The van der Waals surface area contributed by atoms with Crippen molar-refractivity contribution in [1.29, 1.82) is 5.26 Å². The van der Waals surface area contributed by atoms with Crippen molar-refractivity contribution in [3.63, 3.8) is 0 Å². The van der Waals surface area contributed by atoms with Gasteiger partial charge >= 0.3 is 0 Å². The first-order chi connectivity index (χ1) is 11.8. The van der Waals surface area contributed by atoms with Crippen LogP contribution in [0, 0.1) is 11.3 Å². The highest BCUT2D eigenvalue weighted by Crippen LogP contribution is 2.36. The van der Waals surface area contributed by atoms with Gasteiger partial charge in [0.1, 0.15) is 11.7 Å². The standard InChI is InChI=1S/C18H18N2O2S2/c19-11-16(14-5-2-1-3-6-14)18-20(17(21)13-24-18)8-10-23-12-15-7-4-9-22-15/h1-7,9,16,18H,8,10,12-13H2. The average molecular weight is 358 g/mol. The number of carbonyl (C=O) groups is 1. The molecule has 6 heteroatoms. The van der Waals surface area contributed by atoms with Crippen LogP contribution < -0.4 is 0 Å². The van der Waals surface area contributed by atoms with Crippen LogP contribution in [0.1, 0.15) is 17.2 Å². The van der Waals surface area contributed by atoms with E-state index in [-0.39, 0.29) is 17.2 Å². The van der Waals surface area contributed by atoms with Gasteiger partial charge in [0, 0.05) is 12.3 Å². The van der Waals surface area contributed by atoms with Crippen molar-refractivity contribution in [2.45, 2.75) is 17.0 Å². The fourth-order valence-electron chi connectivity index (χ4n) is 2.69. The second-order valence-electron chi connectivity index (χ2n) is 5.44. The highest BCUT2D eigenvalue weighted by atomic mass is 32.2.